The number of halogens is 1. The van der Waals surface area contributed by atoms with Gasteiger partial charge in [-0.2, -0.15) is 0 Å². The van der Waals surface area contributed by atoms with Crippen LogP contribution < -0.4 is 10.9 Å². The third-order valence-corrected chi connectivity index (χ3v) is 6.18. The first-order chi connectivity index (χ1) is 14.0. The van der Waals surface area contributed by atoms with E-state index in [2.05, 4.69) is 15.3 Å². The van der Waals surface area contributed by atoms with Gasteiger partial charge in [0.05, 0.1) is 11.7 Å². The Morgan fingerprint density at radius 3 is 2.97 bits per heavy atom. The number of rotatable bonds is 6. The molecule has 0 radical (unpaired) electrons. The third-order valence-electron chi connectivity index (χ3n) is 4.44. The van der Waals surface area contributed by atoms with Crippen LogP contribution in [0, 0.1) is 12.7 Å². The highest BCUT2D eigenvalue weighted by Gasteiger charge is 2.10. The fourth-order valence-corrected chi connectivity index (χ4v) is 4.44. The van der Waals surface area contributed by atoms with E-state index in [9.17, 15) is 14.0 Å². The lowest BCUT2D eigenvalue weighted by molar-refractivity contribution is -0.116. The second kappa shape index (κ2) is 8.22. The van der Waals surface area contributed by atoms with Gasteiger partial charge in [-0.1, -0.05) is 12.1 Å². The van der Waals surface area contributed by atoms with Crippen LogP contribution in [0.2, 0.25) is 0 Å². The maximum absolute atomic E-state index is 13.7. The zero-order valence-electron chi connectivity index (χ0n) is 15.5. The molecule has 4 rings (SSSR count). The minimum absolute atomic E-state index is 0.134. The van der Waals surface area contributed by atoms with Gasteiger partial charge in [0.1, 0.15) is 10.6 Å². The van der Waals surface area contributed by atoms with Crippen LogP contribution >= 0.6 is 22.7 Å². The predicted octanol–water partition coefficient (Wildman–Crippen LogP) is 3.98. The van der Waals surface area contributed by atoms with Crippen molar-refractivity contribution < 1.29 is 9.18 Å². The van der Waals surface area contributed by atoms with Crippen molar-refractivity contribution in [2.45, 2.75) is 26.3 Å². The molecule has 3 aromatic heterocycles. The van der Waals surface area contributed by atoms with E-state index < -0.39 is 0 Å². The molecule has 0 aliphatic carbocycles. The highest BCUT2D eigenvalue weighted by Crippen LogP contribution is 2.22. The average molecular weight is 429 g/mol. The van der Waals surface area contributed by atoms with Gasteiger partial charge in [-0.15, -0.1) is 22.7 Å². The molecule has 3 heterocycles. The molecule has 148 valence electrons. The van der Waals surface area contributed by atoms with E-state index in [-0.39, 0.29) is 30.2 Å². The van der Waals surface area contributed by atoms with Crippen molar-refractivity contribution >= 4 is 43.9 Å². The van der Waals surface area contributed by atoms with Crippen molar-refractivity contribution in [3.63, 3.8) is 0 Å². The first-order valence-corrected chi connectivity index (χ1v) is 10.6. The molecule has 0 aliphatic rings. The Hall–Kier alpha value is -2.91. The number of thiophene rings is 1. The molecule has 0 spiro atoms. The number of benzene rings is 1. The van der Waals surface area contributed by atoms with Gasteiger partial charge in [0, 0.05) is 30.5 Å². The van der Waals surface area contributed by atoms with E-state index in [0.717, 1.165) is 10.4 Å². The van der Waals surface area contributed by atoms with Crippen molar-refractivity contribution in [3.8, 4) is 0 Å². The third kappa shape index (κ3) is 4.41. The zero-order chi connectivity index (χ0) is 20.4. The van der Waals surface area contributed by atoms with E-state index in [1.165, 1.54) is 39.6 Å². The number of fused-ring (bicyclic) bond motifs is 1. The number of nitrogens with one attached hydrogen (secondary N) is 1. The number of thiazole rings is 1. The summed E-state index contributed by atoms with van der Waals surface area (Å²) >= 11 is 2.76. The lowest BCUT2D eigenvalue weighted by Gasteiger charge is -2.05. The standard InChI is InChI=1S/C20H17FN4O2S2/c1-12-2-3-13(9-16(12)21)8-14-10-22-20(29-14)24-17(26)4-6-25-11-23-18-15(19(25)27)5-7-28-18/h2-3,5,7,9-11H,4,6,8H2,1H3,(H,22,24,26). The molecule has 0 bridgehead atoms. The fourth-order valence-electron chi connectivity index (χ4n) is 2.85. The van der Waals surface area contributed by atoms with Gasteiger partial charge < -0.3 is 5.32 Å². The van der Waals surface area contributed by atoms with Crippen LogP contribution in [0.15, 0.2) is 47.0 Å². The van der Waals surface area contributed by atoms with Gasteiger partial charge >= 0.3 is 0 Å². The van der Waals surface area contributed by atoms with E-state index in [0.29, 0.717) is 27.3 Å². The number of carbonyl (C=O) groups excluding carboxylic acids is 1. The number of hydrogen-bond acceptors (Lipinski definition) is 6. The zero-order valence-corrected chi connectivity index (χ0v) is 17.1. The number of hydrogen-bond donors (Lipinski definition) is 1. The fraction of sp³-hybridized carbons (Fsp3) is 0.200. The van der Waals surface area contributed by atoms with Crippen LogP contribution in [0.5, 0.6) is 0 Å². The quantitative estimate of drug-likeness (QED) is 0.504. The smallest absolute Gasteiger partial charge is 0.262 e. The Morgan fingerprint density at radius 1 is 1.28 bits per heavy atom. The van der Waals surface area contributed by atoms with E-state index in [4.69, 9.17) is 0 Å². The minimum atomic E-state index is -0.232. The summed E-state index contributed by atoms with van der Waals surface area (Å²) in [5.41, 5.74) is 1.31. The first kappa shape index (κ1) is 19.4. The molecule has 0 atom stereocenters. The molecule has 9 heteroatoms. The molecule has 0 unspecified atom stereocenters. The summed E-state index contributed by atoms with van der Waals surface area (Å²) in [7, 11) is 0. The van der Waals surface area contributed by atoms with Crippen molar-refractivity contribution in [2.75, 3.05) is 5.32 Å². The summed E-state index contributed by atoms with van der Waals surface area (Å²) in [5, 5.41) is 5.62. The summed E-state index contributed by atoms with van der Waals surface area (Å²) in [6.45, 7) is 1.96. The Bertz CT molecular complexity index is 1240. The summed E-state index contributed by atoms with van der Waals surface area (Å²) in [6, 6.07) is 6.89. The average Bonchev–Trinajstić information content (AvgIpc) is 3.34. The molecule has 29 heavy (non-hydrogen) atoms. The van der Waals surface area contributed by atoms with Gasteiger partial charge in [0.15, 0.2) is 5.13 Å². The Labute approximate surface area is 173 Å². The predicted molar refractivity (Wildman–Crippen MR) is 113 cm³/mol. The van der Waals surface area contributed by atoms with E-state index >= 15 is 0 Å². The normalized spacial score (nSPS) is 11.1. The maximum Gasteiger partial charge on any atom is 0.262 e. The molecule has 4 aromatic rings. The van der Waals surface area contributed by atoms with Crippen LogP contribution in [-0.2, 0) is 17.8 Å². The number of anilines is 1. The van der Waals surface area contributed by atoms with Gasteiger partial charge in [0.2, 0.25) is 5.91 Å². The highest BCUT2D eigenvalue weighted by atomic mass is 32.1. The van der Waals surface area contributed by atoms with Crippen LogP contribution in [0.3, 0.4) is 0 Å². The summed E-state index contributed by atoms with van der Waals surface area (Å²) in [5.74, 6) is -0.462. The van der Waals surface area contributed by atoms with Gasteiger partial charge in [-0.3, -0.25) is 14.2 Å². The largest absolute Gasteiger partial charge is 0.302 e. The summed E-state index contributed by atoms with van der Waals surface area (Å²) < 4.78 is 15.1. The molecule has 0 saturated carbocycles. The molecular weight excluding hydrogens is 411 g/mol. The van der Waals surface area contributed by atoms with Gasteiger partial charge in [-0.05, 0) is 35.6 Å². The lowest BCUT2D eigenvalue weighted by Crippen LogP contribution is -2.23. The van der Waals surface area contributed by atoms with Crippen molar-refractivity contribution in [2.24, 2.45) is 0 Å². The molecule has 6 nitrogen and oxygen atoms in total. The molecule has 0 fully saturated rings. The topological polar surface area (TPSA) is 76.9 Å². The monoisotopic (exact) mass is 428 g/mol. The summed E-state index contributed by atoms with van der Waals surface area (Å²) in [4.78, 5) is 34.6. The molecule has 0 saturated heterocycles. The van der Waals surface area contributed by atoms with Crippen molar-refractivity contribution in [1.82, 2.24) is 14.5 Å². The molecule has 1 amide bonds. The maximum atomic E-state index is 13.7. The first-order valence-electron chi connectivity index (χ1n) is 8.92. The number of carbonyl (C=O) groups is 1. The van der Waals surface area contributed by atoms with Crippen LogP contribution in [0.4, 0.5) is 9.52 Å². The Morgan fingerprint density at radius 2 is 2.14 bits per heavy atom. The van der Waals surface area contributed by atoms with Crippen molar-refractivity contribution in [1.29, 1.82) is 0 Å². The minimum Gasteiger partial charge on any atom is -0.302 e. The molecular formula is C20H17FN4O2S2. The Kier molecular flexibility index (Phi) is 5.50. The number of aryl methyl sites for hydroxylation is 2. The Balaban J connectivity index is 1.35. The van der Waals surface area contributed by atoms with Crippen molar-refractivity contribution in [3.05, 3.63) is 74.3 Å². The molecule has 0 aliphatic heterocycles. The second-order valence-electron chi connectivity index (χ2n) is 6.57. The van der Waals surface area contributed by atoms with Gasteiger partial charge in [0.25, 0.3) is 5.56 Å². The number of aromatic nitrogens is 3. The molecule has 1 N–H and O–H groups in total. The van der Waals surface area contributed by atoms with Gasteiger partial charge in [-0.25, -0.2) is 14.4 Å². The highest BCUT2D eigenvalue weighted by molar-refractivity contribution is 7.16. The van der Waals surface area contributed by atoms with Crippen LogP contribution in [-0.4, -0.2) is 20.4 Å². The van der Waals surface area contributed by atoms with E-state index in [1.54, 1.807) is 25.3 Å². The summed E-state index contributed by atoms with van der Waals surface area (Å²) in [6.07, 6.45) is 3.83. The SMILES string of the molecule is Cc1ccc(Cc2cnc(NC(=O)CCn3cnc4sccc4c3=O)s2)cc1F. The second-order valence-corrected chi connectivity index (χ2v) is 8.58. The number of amides is 1. The lowest BCUT2D eigenvalue weighted by atomic mass is 10.1. The van der Waals surface area contributed by atoms with Crippen LogP contribution in [0.25, 0.3) is 10.2 Å². The molecule has 1 aromatic carbocycles. The van der Waals surface area contributed by atoms with E-state index in [1.807, 2.05) is 11.4 Å². The number of nitrogens with zero attached hydrogens (tertiary/aromatic N) is 3. The van der Waals surface area contributed by atoms with Crippen LogP contribution in [0.1, 0.15) is 22.4 Å².